The number of hydrogen-bond acceptors (Lipinski definition) is 5. The van der Waals surface area contributed by atoms with Gasteiger partial charge >= 0.3 is 6.09 Å². The number of likely N-dealkylation sites (N-methyl/N-ethyl adjacent to an activating group) is 2. The first-order valence-electron chi connectivity index (χ1n) is 11.9. The zero-order valence-corrected chi connectivity index (χ0v) is 20.0. The Morgan fingerprint density at radius 3 is 2.68 bits per heavy atom. The van der Waals surface area contributed by atoms with Crippen LogP contribution >= 0.6 is 0 Å². The van der Waals surface area contributed by atoms with Crippen molar-refractivity contribution in [2.75, 3.05) is 43.6 Å². The molecule has 0 spiro atoms. The van der Waals surface area contributed by atoms with Gasteiger partial charge in [-0.25, -0.2) is 9.86 Å². The van der Waals surface area contributed by atoms with Crippen molar-refractivity contribution in [3.63, 3.8) is 0 Å². The van der Waals surface area contributed by atoms with Crippen LogP contribution in [0.25, 0.3) is 0 Å². The number of rotatable bonds is 6. The van der Waals surface area contributed by atoms with Crippen molar-refractivity contribution < 1.29 is 19.5 Å². The van der Waals surface area contributed by atoms with Crippen molar-refractivity contribution in [2.24, 2.45) is 0 Å². The van der Waals surface area contributed by atoms with E-state index in [1.54, 1.807) is 0 Å². The molecule has 0 saturated carbocycles. The van der Waals surface area contributed by atoms with Crippen molar-refractivity contribution in [1.29, 1.82) is 0 Å². The minimum absolute atomic E-state index is 0.0781. The second-order valence-electron chi connectivity index (χ2n) is 9.80. The number of hydrogen-bond donors (Lipinski definition) is 1. The third-order valence-corrected chi connectivity index (χ3v) is 7.73. The fourth-order valence-corrected chi connectivity index (χ4v) is 6.06. The molecule has 8 heteroatoms. The van der Waals surface area contributed by atoms with Crippen LogP contribution in [0.3, 0.4) is 0 Å². The molecule has 0 bridgehead atoms. The number of fused-ring (bicyclic) bond motifs is 3. The van der Waals surface area contributed by atoms with Gasteiger partial charge in [0.1, 0.15) is 6.04 Å². The third kappa shape index (κ3) is 3.61. The summed E-state index contributed by atoms with van der Waals surface area (Å²) in [6.45, 7) is 3.99. The second kappa shape index (κ2) is 8.60. The average molecular weight is 465 g/mol. The molecule has 1 N–H and O–H groups in total. The van der Waals surface area contributed by atoms with Gasteiger partial charge in [-0.05, 0) is 55.6 Å². The van der Waals surface area contributed by atoms with Crippen molar-refractivity contribution >= 4 is 23.4 Å². The summed E-state index contributed by atoms with van der Waals surface area (Å²) in [7, 11) is 4.22. The van der Waals surface area contributed by atoms with Crippen LogP contribution in [0.15, 0.2) is 48.5 Å². The SMILES string of the molecule is CN1CC[C@@]2(C)c3cc(N(C(=O)O)[C@H]4CCN(OCCc5ccccc5)C4=O)ccc3N(C)[C@@H]12. The lowest BCUT2D eigenvalue weighted by Gasteiger charge is -2.32. The molecule has 2 fully saturated rings. The first kappa shape index (κ1) is 22.7. The maximum Gasteiger partial charge on any atom is 0.412 e. The van der Waals surface area contributed by atoms with Crippen molar-refractivity contribution in [3.8, 4) is 0 Å². The molecule has 3 aliphatic rings. The molecule has 2 aromatic carbocycles. The molecule has 34 heavy (non-hydrogen) atoms. The molecule has 3 aliphatic heterocycles. The van der Waals surface area contributed by atoms with E-state index in [0.29, 0.717) is 31.7 Å². The smallest absolute Gasteiger partial charge is 0.412 e. The zero-order chi connectivity index (χ0) is 24.0. The monoisotopic (exact) mass is 464 g/mol. The highest BCUT2D eigenvalue weighted by Gasteiger charge is 2.52. The van der Waals surface area contributed by atoms with Crippen molar-refractivity contribution in [1.82, 2.24) is 9.96 Å². The van der Waals surface area contributed by atoms with Gasteiger partial charge in [-0.2, -0.15) is 0 Å². The minimum atomic E-state index is -1.12. The van der Waals surface area contributed by atoms with Gasteiger partial charge in [-0.1, -0.05) is 37.3 Å². The van der Waals surface area contributed by atoms with Crippen LogP contribution in [-0.2, 0) is 21.5 Å². The average Bonchev–Trinajstić information content (AvgIpc) is 3.40. The molecular weight excluding hydrogens is 432 g/mol. The number of nitrogens with zero attached hydrogens (tertiary/aromatic N) is 4. The molecular formula is C26H32N4O4. The molecule has 2 aromatic rings. The van der Waals surface area contributed by atoms with Gasteiger partial charge in [-0.15, -0.1) is 0 Å². The highest BCUT2D eigenvalue weighted by molar-refractivity contribution is 5.97. The number of hydroxylamine groups is 2. The Morgan fingerprint density at radius 2 is 1.94 bits per heavy atom. The Balaban J connectivity index is 1.34. The Labute approximate surface area is 200 Å². The maximum absolute atomic E-state index is 13.1. The normalized spacial score (nSPS) is 26.1. The molecule has 5 rings (SSSR count). The fraction of sp³-hybridized carbons (Fsp3) is 0.462. The molecule has 2 saturated heterocycles. The summed E-state index contributed by atoms with van der Waals surface area (Å²) >= 11 is 0. The summed E-state index contributed by atoms with van der Waals surface area (Å²) in [6, 6.07) is 14.9. The van der Waals surface area contributed by atoms with Crippen LogP contribution in [0, 0.1) is 0 Å². The molecule has 8 nitrogen and oxygen atoms in total. The number of anilines is 2. The van der Waals surface area contributed by atoms with Gasteiger partial charge < -0.3 is 10.0 Å². The topological polar surface area (TPSA) is 76.6 Å². The van der Waals surface area contributed by atoms with E-state index in [9.17, 15) is 14.7 Å². The van der Waals surface area contributed by atoms with E-state index in [-0.39, 0.29) is 17.5 Å². The maximum atomic E-state index is 13.1. The summed E-state index contributed by atoms with van der Waals surface area (Å²) in [5.74, 6) is -0.308. The van der Waals surface area contributed by atoms with Crippen LogP contribution in [0.5, 0.6) is 0 Å². The Hall–Kier alpha value is -3.10. The fourth-order valence-electron chi connectivity index (χ4n) is 6.06. The standard InChI is InChI=1S/C26H32N4O4/c1-26-13-15-27(2)24(26)28(3)21-10-9-19(17-20(21)26)30(25(32)33)22-11-14-29(23(22)31)34-16-12-18-7-5-4-6-8-18/h4-10,17,22,24H,11-16H2,1-3H3,(H,32,33)/t22-,24+,26-/m0/s1. The number of carboxylic acid groups (broad SMARTS) is 1. The van der Waals surface area contributed by atoms with Crippen LogP contribution in [0.1, 0.15) is 30.9 Å². The highest BCUT2D eigenvalue weighted by Crippen LogP contribution is 2.51. The van der Waals surface area contributed by atoms with E-state index >= 15 is 0 Å². The number of carbonyl (C=O) groups excluding carboxylic acids is 1. The number of amides is 2. The summed E-state index contributed by atoms with van der Waals surface area (Å²) < 4.78 is 0. The minimum Gasteiger partial charge on any atom is -0.465 e. The van der Waals surface area contributed by atoms with Crippen LogP contribution in [0.4, 0.5) is 16.2 Å². The van der Waals surface area contributed by atoms with E-state index in [1.165, 1.54) is 9.96 Å². The summed E-state index contributed by atoms with van der Waals surface area (Å²) in [5, 5.41) is 11.4. The third-order valence-electron chi connectivity index (χ3n) is 7.73. The summed E-state index contributed by atoms with van der Waals surface area (Å²) in [5.41, 5.74) is 3.86. The largest absolute Gasteiger partial charge is 0.465 e. The second-order valence-corrected chi connectivity index (χ2v) is 9.80. The quantitative estimate of drug-likeness (QED) is 0.707. The number of likely N-dealkylation sites (tertiary alicyclic amines) is 1. The van der Waals surface area contributed by atoms with Gasteiger partial charge in [0.2, 0.25) is 0 Å². The van der Waals surface area contributed by atoms with Crippen LogP contribution in [-0.4, -0.2) is 73.1 Å². The Kier molecular flexibility index (Phi) is 5.73. The van der Waals surface area contributed by atoms with E-state index < -0.39 is 12.1 Å². The van der Waals surface area contributed by atoms with E-state index in [4.69, 9.17) is 4.84 Å². The molecule has 3 atom stereocenters. The molecule has 2 amide bonds. The lowest BCUT2D eigenvalue weighted by atomic mass is 9.81. The lowest BCUT2D eigenvalue weighted by Crippen LogP contribution is -2.45. The zero-order valence-electron chi connectivity index (χ0n) is 20.0. The van der Waals surface area contributed by atoms with E-state index in [2.05, 4.69) is 30.8 Å². The van der Waals surface area contributed by atoms with Crippen LogP contribution < -0.4 is 9.80 Å². The van der Waals surface area contributed by atoms with Gasteiger partial charge in [0.25, 0.3) is 5.91 Å². The Morgan fingerprint density at radius 1 is 1.18 bits per heavy atom. The van der Waals surface area contributed by atoms with Gasteiger partial charge in [0.15, 0.2) is 0 Å². The summed E-state index contributed by atoms with van der Waals surface area (Å²) in [4.78, 5) is 37.1. The van der Waals surface area contributed by atoms with Gasteiger partial charge in [0, 0.05) is 30.4 Å². The molecule has 0 radical (unpaired) electrons. The van der Waals surface area contributed by atoms with E-state index in [0.717, 1.165) is 29.8 Å². The molecule has 0 aromatic heterocycles. The molecule has 3 heterocycles. The molecule has 0 aliphatic carbocycles. The van der Waals surface area contributed by atoms with Crippen molar-refractivity contribution in [3.05, 3.63) is 59.7 Å². The lowest BCUT2D eigenvalue weighted by molar-refractivity contribution is -0.177. The highest BCUT2D eigenvalue weighted by atomic mass is 16.7. The number of benzene rings is 2. The Bertz CT molecular complexity index is 1090. The van der Waals surface area contributed by atoms with Gasteiger partial charge in [-0.3, -0.25) is 19.4 Å². The predicted molar refractivity (Wildman–Crippen MR) is 130 cm³/mol. The summed E-state index contributed by atoms with van der Waals surface area (Å²) in [6.07, 6.45) is 1.22. The first-order chi connectivity index (χ1) is 16.3. The van der Waals surface area contributed by atoms with E-state index in [1.807, 2.05) is 48.5 Å². The molecule has 0 unspecified atom stereocenters. The van der Waals surface area contributed by atoms with Crippen molar-refractivity contribution in [2.45, 2.75) is 43.8 Å². The van der Waals surface area contributed by atoms with Gasteiger partial charge in [0.05, 0.1) is 19.3 Å². The number of carbonyl (C=O) groups is 2. The first-order valence-corrected chi connectivity index (χ1v) is 11.9. The molecule has 180 valence electrons. The van der Waals surface area contributed by atoms with Crippen LogP contribution in [0.2, 0.25) is 0 Å². The predicted octanol–water partition coefficient (Wildman–Crippen LogP) is 3.32.